The number of anilines is 1. The minimum atomic E-state index is -1.69. The van der Waals surface area contributed by atoms with E-state index in [1.54, 1.807) is 18.2 Å². The van der Waals surface area contributed by atoms with Crippen LogP contribution in [0.1, 0.15) is 19.4 Å². The molecular formula is C21H21F3N2O4. The molecule has 6 nitrogen and oxygen atoms in total. The number of hydrogen-bond acceptors (Lipinski definition) is 4. The van der Waals surface area contributed by atoms with Crippen molar-refractivity contribution in [1.82, 2.24) is 5.32 Å². The van der Waals surface area contributed by atoms with Crippen LogP contribution in [-0.4, -0.2) is 31.6 Å². The van der Waals surface area contributed by atoms with Crippen LogP contribution in [0.2, 0.25) is 0 Å². The summed E-state index contributed by atoms with van der Waals surface area (Å²) in [6.07, 6.45) is 2.67. The van der Waals surface area contributed by atoms with E-state index in [9.17, 15) is 22.8 Å². The predicted octanol–water partition coefficient (Wildman–Crippen LogP) is 3.67. The van der Waals surface area contributed by atoms with Gasteiger partial charge < -0.3 is 20.1 Å². The first-order chi connectivity index (χ1) is 14.2. The van der Waals surface area contributed by atoms with Gasteiger partial charge in [0.2, 0.25) is 11.8 Å². The van der Waals surface area contributed by atoms with Crippen molar-refractivity contribution in [2.45, 2.75) is 20.0 Å². The highest BCUT2D eigenvalue weighted by Crippen LogP contribution is 2.29. The average molecular weight is 422 g/mol. The largest absolute Gasteiger partial charge is 0.493 e. The molecule has 0 atom stereocenters. The number of halogens is 3. The van der Waals surface area contributed by atoms with E-state index in [0.29, 0.717) is 23.1 Å². The molecule has 2 N–H and O–H groups in total. The van der Waals surface area contributed by atoms with Crippen LogP contribution in [0.15, 0.2) is 36.4 Å². The first kappa shape index (κ1) is 22.8. The molecule has 30 heavy (non-hydrogen) atoms. The second-order valence-electron chi connectivity index (χ2n) is 6.40. The van der Waals surface area contributed by atoms with Gasteiger partial charge in [-0.15, -0.1) is 0 Å². The first-order valence-electron chi connectivity index (χ1n) is 8.95. The quantitative estimate of drug-likeness (QED) is 0.503. The summed E-state index contributed by atoms with van der Waals surface area (Å²) in [4.78, 5) is 23.7. The van der Waals surface area contributed by atoms with E-state index in [4.69, 9.17) is 9.47 Å². The van der Waals surface area contributed by atoms with Crippen molar-refractivity contribution in [2.75, 3.05) is 19.0 Å². The van der Waals surface area contributed by atoms with Crippen molar-refractivity contribution < 1.29 is 32.2 Å². The van der Waals surface area contributed by atoms with Crippen LogP contribution < -0.4 is 20.1 Å². The minimum Gasteiger partial charge on any atom is -0.493 e. The molecule has 160 valence electrons. The zero-order valence-electron chi connectivity index (χ0n) is 16.6. The highest BCUT2D eigenvalue weighted by atomic mass is 19.2. The zero-order valence-corrected chi connectivity index (χ0v) is 16.6. The summed E-state index contributed by atoms with van der Waals surface area (Å²) >= 11 is 0. The summed E-state index contributed by atoms with van der Waals surface area (Å²) in [5.41, 5.74) is 0.130. The van der Waals surface area contributed by atoms with Crippen LogP contribution in [-0.2, 0) is 9.59 Å². The molecule has 0 aliphatic heterocycles. The summed E-state index contributed by atoms with van der Waals surface area (Å²) in [5.74, 6) is -4.91. The van der Waals surface area contributed by atoms with Gasteiger partial charge in [0, 0.05) is 6.08 Å². The molecule has 0 radical (unpaired) electrons. The summed E-state index contributed by atoms with van der Waals surface area (Å²) in [6.45, 7) is 3.27. The van der Waals surface area contributed by atoms with Crippen molar-refractivity contribution >= 4 is 23.6 Å². The fourth-order valence-electron chi connectivity index (χ4n) is 2.35. The number of carbonyl (C=O) groups excluding carboxylic acids is 2. The van der Waals surface area contributed by atoms with E-state index in [1.807, 2.05) is 13.8 Å². The monoisotopic (exact) mass is 422 g/mol. The Morgan fingerprint density at radius 1 is 1.07 bits per heavy atom. The third kappa shape index (κ3) is 6.26. The van der Waals surface area contributed by atoms with Crippen molar-refractivity contribution in [3.63, 3.8) is 0 Å². The number of methoxy groups -OCH3 is 1. The molecule has 9 heteroatoms. The molecule has 2 rings (SSSR count). The van der Waals surface area contributed by atoms with E-state index < -0.39 is 41.5 Å². The van der Waals surface area contributed by atoms with Gasteiger partial charge in [0.1, 0.15) is 0 Å². The van der Waals surface area contributed by atoms with Gasteiger partial charge in [-0.1, -0.05) is 6.07 Å². The maximum atomic E-state index is 13.5. The average Bonchev–Trinajstić information content (AvgIpc) is 2.71. The highest BCUT2D eigenvalue weighted by Gasteiger charge is 2.15. The number of hydrogen-bond donors (Lipinski definition) is 2. The summed E-state index contributed by atoms with van der Waals surface area (Å²) in [7, 11) is 1.50. The van der Waals surface area contributed by atoms with Crippen molar-refractivity contribution in [3.8, 4) is 11.5 Å². The van der Waals surface area contributed by atoms with Crippen LogP contribution in [0.3, 0.4) is 0 Å². The van der Waals surface area contributed by atoms with Gasteiger partial charge in [-0.05, 0) is 49.8 Å². The third-order valence-electron chi connectivity index (χ3n) is 3.71. The molecule has 0 aliphatic rings. The molecule has 0 unspecified atom stereocenters. The predicted molar refractivity (Wildman–Crippen MR) is 106 cm³/mol. The van der Waals surface area contributed by atoms with Gasteiger partial charge in [-0.2, -0.15) is 0 Å². The Morgan fingerprint density at radius 2 is 1.80 bits per heavy atom. The van der Waals surface area contributed by atoms with Crippen LogP contribution in [0.25, 0.3) is 6.08 Å². The Morgan fingerprint density at radius 3 is 2.47 bits per heavy atom. The Hall–Kier alpha value is -3.49. The number of nitrogens with one attached hydrogen (secondary N) is 2. The summed E-state index contributed by atoms with van der Waals surface area (Å²) in [6, 6.07) is 6.68. The maximum absolute atomic E-state index is 13.5. The molecule has 2 aromatic rings. The second-order valence-corrected chi connectivity index (χ2v) is 6.40. The Bertz CT molecular complexity index is 962. The normalized spacial score (nSPS) is 10.9. The molecular weight excluding hydrogens is 401 g/mol. The standard InChI is InChI=1S/C21H21F3N2O4/c1-12(2)30-16-8-4-13(10-17(16)29-3)5-9-18(27)25-11-19(28)26-15-7-6-14(22)20(23)21(15)24/h4-10,12H,11H2,1-3H3,(H,25,27)(H,26,28)/b9-5+. The molecule has 0 spiro atoms. The molecule has 0 saturated heterocycles. The zero-order chi connectivity index (χ0) is 22.3. The van der Waals surface area contributed by atoms with Crippen LogP contribution in [0.5, 0.6) is 11.5 Å². The van der Waals surface area contributed by atoms with Crippen LogP contribution >= 0.6 is 0 Å². The van der Waals surface area contributed by atoms with E-state index in [2.05, 4.69) is 10.6 Å². The second kappa shape index (κ2) is 10.3. The third-order valence-corrected chi connectivity index (χ3v) is 3.71. The van der Waals surface area contributed by atoms with Gasteiger partial charge >= 0.3 is 0 Å². The number of benzene rings is 2. The van der Waals surface area contributed by atoms with Gasteiger partial charge in [0.05, 0.1) is 25.4 Å². The van der Waals surface area contributed by atoms with Gasteiger partial charge in [0.15, 0.2) is 29.0 Å². The van der Waals surface area contributed by atoms with Crippen LogP contribution in [0, 0.1) is 17.5 Å². The molecule has 0 aliphatic carbocycles. The smallest absolute Gasteiger partial charge is 0.244 e. The number of ether oxygens (including phenoxy) is 2. The molecule has 2 aromatic carbocycles. The van der Waals surface area contributed by atoms with E-state index in [1.165, 1.54) is 19.3 Å². The fraction of sp³-hybridized carbons (Fsp3) is 0.238. The SMILES string of the molecule is COc1cc(/C=C/C(=O)NCC(=O)Nc2ccc(F)c(F)c2F)ccc1OC(C)C. The minimum absolute atomic E-state index is 0.0305. The van der Waals surface area contributed by atoms with Gasteiger partial charge in [0.25, 0.3) is 0 Å². The van der Waals surface area contributed by atoms with Crippen molar-refractivity contribution in [3.05, 3.63) is 59.4 Å². The van der Waals surface area contributed by atoms with Crippen molar-refractivity contribution in [1.29, 1.82) is 0 Å². The molecule has 2 amide bonds. The molecule has 0 bridgehead atoms. The lowest BCUT2D eigenvalue weighted by Gasteiger charge is -2.13. The van der Waals surface area contributed by atoms with Crippen molar-refractivity contribution in [2.24, 2.45) is 0 Å². The van der Waals surface area contributed by atoms with Gasteiger partial charge in [-0.25, -0.2) is 13.2 Å². The molecule has 0 fully saturated rings. The Kier molecular flexibility index (Phi) is 7.85. The molecule has 0 heterocycles. The lowest BCUT2D eigenvalue weighted by Crippen LogP contribution is -2.32. The maximum Gasteiger partial charge on any atom is 0.244 e. The van der Waals surface area contributed by atoms with E-state index in [0.717, 1.165) is 6.07 Å². The molecule has 0 aromatic heterocycles. The lowest BCUT2D eigenvalue weighted by atomic mass is 10.2. The Labute approximate surface area is 171 Å². The number of carbonyl (C=O) groups is 2. The lowest BCUT2D eigenvalue weighted by molar-refractivity contribution is -0.121. The summed E-state index contributed by atoms with van der Waals surface area (Å²) in [5, 5.41) is 4.35. The van der Waals surface area contributed by atoms with E-state index in [-0.39, 0.29) is 6.10 Å². The van der Waals surface area contributed by atoms with E-state index >= 15 is 0 Å². The number of amides is 2. The van der Waals surface area contributed by atoms with Crippen LogP contribution in [0.4, 0.5) is 18.9 Å². The summed E-state index contributed by atoms with van der Waals surface area (Å²) < 4.78 is 50.5. The Balaban J connectivity index is 1.92. The first-order valence-corrected chi connectivity index (χ1v) is 8.95. The molecule has 0 saturated carbocycles. The topological polar surface area (TPSA) is 76.7 Å². The fourth-order valence-corrected chi connectivity index (χ4v) is 2.35. The number of rotatable bonds is 8. The van der Waals surface area contributed by atoms with Gasteiger partial charge in [-0.3, -0.25) is 9.59 Å². The highest BCUT2D eigenvalue weighted by molar-refractivity contribution is 5.98.